The summed E-state index contributed by atoms with van der Waals surface area (Å²) in [5, 5.41) is 9.01. The summed E-state index contributed by atoms with van der Waals surface area (Å²) < 4.78 is 7.91. The van der Waals surface area contributed by atoms with Crippen molar-refractivity contribution in [1.29, 1.82) is 0 Å². The molecule has 32 heavy (non-hydrogen) atoms. The van der Waals surface area contributed by atoms with Gasteiger partial charge in [-0.2, -0.15) is 0 Å². The number of carbonyl (C=O) groups excluding carboxylic acids is 1. The van der Waals surface area contributed by atoms with Crippen LogP contribution in [0.15, 0.2) is 90.3 Å². The van der Waals surface area contributed by atoms with Gasteiger partial charge in [0.1, 0.15) is 18.7 Å². The standard InChI is InChI=1S/C25H22N4O2S/c1-18-9-5-6-12-20(18)28-17-26-27-25(28)32-16-24(30)29-21-13-7-8-14-23(21)31-15-22(29)19-10-3-2-4-11-19/h2-14,17,22H,15-16H2,1H3/t22-/m1/s1. The van der Waals surface area contributed by atoms with Gasteiger partial charge in [0.2, 0.25) is 5.91 Å². The van der Waals surface area contributed by atoms with Crippen LogP contribution in [-0.2, 0) is 4.79 Å². The van der Waals surface area contributed by atoms with E-state index in [1.54, 1.807) is 6.33 Å². The summed E-state index contributed by atoms with van der Waals surface area (Å²) >= 11 is 1.39. The van der Waals surface area contributed by atoms with Gasteiger partial charge in [0.25, 0.3) is 0 Å². The highest BCUT2D eigenvalue weighted by Crippen LogP contribution is 2.39. The Labute approximate surface area is 190 Å². The van der Waals surface area contributed by atoms with Gasteiger partial charge < -0.3 is 4.74 Å². The van der Waals surface area contributed by atoms with Crippen molar-refractivity contribution < 1.29 is 9.53 Å². The molecule has 0 spiro atoms. The Morgan fingerprint density at radius 3 is 2.53 bits per heavy atom. The predicted octanol–water partition coefficient (Wildman–Crippen LogP) is 4.83. The van der Waals surface area contributed by atoms with E-state index in [-0.39, 0.29) is 17.7 Å². The Bertz CT molecular complexity index is 1240. The number of thioether (sulfide) groups is 1. The molecule has 0 radical (unpaired) electrons. The van der Waals surface area contributed by atoms with Crippen molar-refractivity contribution in [3.8, 4) is 11.4 Å². The van der Waals surface area contributed by atoms with Crippen molar-refractivity contribution in [3.05, 3.63) is 96.3 Å². The maximum atomic E-state index is 13.5. The number of anilines is 1. The van der Waals surface area contributed by atoms with Gasteiger partial charge in [0.05, 0.1) is 23.2 Å². The first kappa shape index (κ1) is 20.3. The quantitative estimate of drug-likeness (QED) is 0.414. The lowest BCUT2D eigenvalue weighted by Crippen LogP contribution is -2.42. The van der Waals surface area contributed by atoms with Crippen molar-refractivity contribution in [2.75, 3.05) is 17.3 Å². The molecule has 5 rings (SSSR count). The van der Waals surface area contributed by atoms with Crippen LogP contribution in [0.4, 0.5) is 5.69 Å². The molecule has 1 aliphatic rings. The van der Waals surface area contributed by atoms with Gasteiger partial charge in [-0.1, -0.05) is 72.4 Å². The minimum Gasteiger partial charge on any atom is -0.489 e. The van der Waals surface area contributed by atoms with E-state index in [1.807, 2.05) is 95.3 Å². The van der Waals surface area contributed by atoms with Gasteiger partial charge >= 0.3 is 0 Å². The number of nitrogens with zero attached hydrogens (tertiary/aromatic N) is 4. The molecule has 2 heterocycles. The molecule has 0 saturated carbocycles. The molecule has 1 aliphatic heterocycles. The third-order valence-electron chi connectivity index (χ3n) is 5.50. The second-order valence-electron chi connectivity index (χ2n) is 7.53. The summed E-state index contributed by atoms with van der Waals surface area (Å²) in [6.07, 6.45) is 1.69. The normalized spacial score (nSPS) is 15.2. The van der Waals surface area contributed by atoms with Crippen LogP contribution in [0.2, 0.25) is 0 Å². The highest BCUT2D eigenvalue weighted by atomic mass is 32.2. The highest BCUT2D eigenvalue weighted by molar-refractivity contribution is 7.99. The van der Waals surface area contributed by atoms with Crippen LogP contribution in [0.1, 0.15) is 17.2 Å². The zero-order valence-electron chi connectivity index (χ0n) is 17.6. The minimum absolute atomic E-state index is 0.000985. The van der Waals surface area contributed by atoms with E-state index in [2.05, 4.69) is 10.2 Å². The molecule has 160 valence electrons. The maximum Gasteiger partial charge on any atom is 0.238 e. The van der Waals surface area contributed by atoms with Gasteiger partial charge in [-0.3, -0.25) is 14.3 Å². The van der Waals surface area contributed by atoms with Crippen LogP contribution >= 0.6 is 11.8 Å². The second kappa shape index (κ2) is 8.88. The molecule has 4 aromatic rings. The number of rotatable bonds is 5. The molecule has 0 unspecified atom stereocenters. The van der Waals surface area contributed by atoms with Gasteiger partial charge in [-0.15, -0.1) is 10.2 Å². The minimum atomic E-state index is -0.187. The molecule has 0 saturated heterocycles. The van der Waals surface area contributed by atoms with Crippen molar-refractivity contribution in [2.24, 2.45) is 0 Å². The Morgan fingerprint density at radius 1 is 1.00 bits per heavy atom. The maximum absolute atomic E-state index is 13.5. The number of amides is 1. The fraction of sp³-hybridized carbons (Fsp3) is 0.160. The van der Waals surface area contributed by atoms with E-state index in [1.165, 1.54) is 11.8 Å². The number of ether oxygens (including phenoxy) is 1. The summed E-state index contributed by atoms with van der Waals surface area (Å²) in [6, 6.07) is 25.6. The van der Waals surface area contributed by atoms with E-state index in [4.69, 9.17) is 4.74 Å². The van der Waals surface area contributed by atoms with Crippen molar-refractivity contribution in [2.45, 2.75) is 18.1 Å². The molecule has 1 aromatic heterocycles. The van der Waals surface area contributed by atoms with Gasteiger partial charge in [0, 0.05) is 0 Å². The first-order valence-electron chi connectivity index (χ1n) is 10.4. The van der Waals surface area contributed by atoms with Gasteiger partial charge in [0.15, 0.2) is 5.16 Å². The Balaban J connectivity index is 1.42. The number of hydrogen-bond donors (Lipinski definition) is 0. The summed E-state index contributed by atoms with van der Waals surface area (Å²) in [6.45, 7) is 2.46. The molecule has 0 aliphatic carbocycles. The van der Waals surface area contributed by atoms with E-state index < -0.39 is 0 Å². The Hall–Kier alpha value is -3.58. The highest BCUT2D eigenvalue weighted by Gasteiger charge is 2.33. The number of fused-ring (bicyclic) bond motifs is 1. The largest absolute Gasteiger partial charge is 0.489 e. The van der Waals surface area contributed by atoms with Gasteiger partial charge in [-0.25, -0.2) is 0 Å². The monoisotopic (exact) mass is 442 g/mol. The smallest absolute Gasteiger partial charge is 0.238 e. The number of aromatic nitrogens is 3. The molecule has 3 aromatic carbocycles. The van der Waals surface area contributed by atoms with Gasteiger partial charge in [-0.05, 0) is 36.2 Å². The molecule has 0 bridgehead atoms. The van der Waals surface area contributed by atoms with E-state index in [0.29, 0.717) is 11.8 Å². The number of aryl methyl sites for hydroxylation is 1. The summed E-state index contributed by atoms with van der Waals surface area (Å²) in [5.41, 5.74) is 3.96. The van der Waals surface area contributed by atoms with Crippen molar-refractivity contribution >= 4 is 23.4 Å². The lowest BCUT2D eigenvalue weighted by Gasteiger charge is -2.37. The summed E-state index contributed by atoms with van der Waals surface area (Å²) in [4.78, 5) is 15.4. The topological polar surface area (TPSA) is 60.2 Å². The molecule has 0 fully saturated rings. The van der Waals surface area contributed by atoms with E-state index in [0.717, 1.165) is 28.3 Å². The number of hydrogen-bond acceptors (Lipinski definition) is 5. The lowest BCUT2D eigenvalue weighted by atomic mass is 10.0. The molecule has 1 amide bonds. The molecule has 7 heteroatoms. The van der Waals surface area contributed by atoms with E-state index in [9.17, 15) is 4.79 Å². The van der Waals surface area contributed by atoms with E-state index >= 15 is 0 Å². The zero-order chi connectivity index (χ0) is 21.9. The third kappa shape index (κ3) is 3.87. The SMILES string of the molecule is Cc1ccccc1-n1cnnc1SCC(=O)N1c2ccccc2OC[C@@H]1c1ccccc1. The molecule has 6 nitrogen and oxygen atoms in total. The molecule has 1 atom stereocenters. The average molecular weight is 443 g/mol. The van der Waals surface area contributed by atoms with Crippen LogP contribution in [0.25, 0.3) is 5.69 Å². The summed E-state index contributed by atoms with van der Waals surface area (Å²) in [7, 11) is 0. The first-order chi connectivity index (χ1) is 15.7. The third-order valence-corrected chi connectivity index (χ3v) is 6.43. The fourth-order valence-electron chi connectivity index (χ4n) is 3.94. The van der Waals surface area contributed by atoms with Crippen molar-refractivity contribution in [3.63, 3.8) is 0 Å². The predicted molar refractivity (Wildman–Crippen MR) is 125 cm³/mol. The fourth-order valence-corrected chi connectivity index (χ4v) is 4.72. The first-order valence-corrected chi connectivity index (χ1v) is 11.4. The zero-order valence-corrected chi connectivity index (χ0v) is 18.4. The molecule has 0 N–H and O–H groups in total. The number of carbonyl (C=O) groups is 1. The number of benzene rings is 3. The molecular weight excluding hydrogens is 420 g/mol. The number of para-hydroxylation sites is 3. The van der Waals surface area contributed by atoms with Crippen LogP contribution in [0.3, 0.4) is 0 Å². The lowest BCUT2D eigenvalue weighted by molar-refractivity contribution is -0.117. The molecular formula is C25H22N4O2S. The van der Waals surface area contributed by atoms with Crippen LogP contribution in [-0.4, -0.2) is 33.0 Å². The Kier molecular flexibility index (Phi) is 5.64. The second-order valence-corrected chi connectivity index (χ2v) is 8.47. The van der Waals surface area contributed by atoms with Crippen molar-refractivity contribution in [1.82, 2.24) is 14.8 Å². The average Bonchev–Trinajstić information content (AvgIpc) is 3.31. The van der Waals surface area contributed by atoms with Crippen LogP contribution in [0, 0.1) is 6.92 Å². The Morgan fingerprint density at radius 2 is 1.72 bits per heavy atom. The summed E-state index contributed by atoms with van der Waals surface area (Å²) in [5.74, 6) is 0.961. The van der Waals surface area contributed by atoms with Crippen LogP contribution in [0.5, 0.6) is 5.75 Å². The van der Waals surface area contributed by atoms with Crippen LogP contribution < -0.4 is 9.64 Å².